The molecule has 0 aliphatic carbocycles. The van der Waals surface area contributed by atoms with E-state index in [4.69, 9.17) is 9.15 Å². The van der Waals surface area contributed by atoms with E-state index < -0.39 is 0 Å². The van der Waals surface area contributed by atoms with E-state index in [1.54, 1.807) is 6.07 Å². The number of hydrogen-bond donors (Lipinski definition) is 0. The minimum absolute atomic E-state index is 0.370. The Balaban J connectivity index is 2.38. The van der Waals surface area contributed by atoms with Crippen LogP contribution in [0.4, 0.5) is 0 Å². The fourth-order valence-corrected chi connectivity index (χ4v) is 1.53. The molecular formula is C13H14O3. The first kappa shape index (κ1) is 10.7. The summed E-state index contributed by atoms with van der Waals surface area (Å²) in [5.41, 5.74) is 0.201. The number of para-hydroxylation sites is 1. The van der Waals surface area contributed by atoms with Gasteiger partial charge in [-0.1, -0.05) is 25.5 Å². The van der Waals surface area contributed by atoms with Crippen molar-refractivity contribution in [3.8, 4) is 5.75 Å². The second kappa shape index (κ2) is 4.84. The molecule has 0 unspecified atom stereocenters. The molecule has 0 atom stereocenters. The quantitative estimate of drug-likeness (QED) is 0.585. The van der Waals surface area contributed by atoms with Crippen molar-refractivity contribution in [3.63, 3.8) is 0 Å². The number of unbranched alkanes of at least 4 members (excludes halogenated alkanes) is 1. The van der Waals surface area contributed by atoms with E-state index in [0.717, 1.165) is 18.2 Å². The van der Waals surface area contributed by atoms with Crippen molar-refractivity contribution in [3.05, 3.63) is 40.8 Å². The van der Waals surface area contributed by atoms with E-state index in [1.807, 2.05) is 18.2 Å². The van der Waals surface area contributed by atoms with Crippen molar-refractivity contribution >= 4 is 11.0 Å². The van der Waals surface area contributed by atoms with Gasteiger partial charge in [0.25, 0.3) is 0 Å². The SMILES string of the molecule is CCCCOc1cc(=O)oc2ccccc12. The lowest BCUT2D eigenvalue weighted by atomic mass is 10.2. The van der Waals surface area contributed by atoms with E-state index in [2.05, 4.69) is 6.92 Å². The molecule has 0 radical (unpaired) electrons. The first-order chi connectivity index (χ1) is 7.81. The minimum atomic E-state index is -0.370. The Kier molecular flexibility index (Phi) is 3.25. The third kappa shape index (κ3) is 2.24. The fourth-order valence-electron chi connectivity index (χ4n) is 1.53. The zero-order valence-electron chi connectivity index (χ0n) is 9.23. The summed E-state index contributed by atoms with van der Waals surface area (Å²) in [7, 11) is 0. The molecular weight excluding hydrogens is 204 g/mol. The molecule has 0 amide bonds. The molecule has 1 aromatic carbocycles. The van der Waals surface area contributed by atoms with Crippen LogP contribution in [-0.4, -0.2) is 6.61 Å². The predicted molar refractivity (Wildman–Crippen MR) is 62.9 cm³/mol. The second-order valence-electron chi connectivity index (χ2n) is 3.63. The maximum absolute atomic E-state index is 11.3. The highest BCUT2D eigenvalue weighted by molar-refractivity contribution is 5.82. The predicted octanol–water partition coefficient (Wildman–Crippen LogP) is 2.97. The van der Waals surface area contributed by atoms with Crippen molar-refractivity contribution < 1.29 is 9.15 Å². The normalized spacial score (nSPS) is 10.6. The van der Waals surface area contributed by atoms with E-state index >= 15 is 0 Å². The van der Waals surface area contributed by atoms with Crippen LogP contribution in [0.2, 0.25) is 0 Å². The van der Waals surface area contributed by atoms with Crippen molar-refractivity contribution in [2.75, 3.05) is 6.61 Å². The third-order valence-corrected chi connectivity index (χ3v) is 2.37. The van der Waals surface area contributed by atoms with E-state index in [1.165, 1.54) is 6.07 Å². The standard InChI is InChI=1S/C13H14O3/c1-2-3-8-15-12-9-13(14)16-11-7-5-4-6-10(11)12/h4-7,9H,2-3,8H2,1H3. The summed E-state index contributed by atoms with van der Waals surface area (Å²) >= 11 is 0. The van der Waals surface area contributed by atoms with Gasteiger partial charge in [0.15, 0.2) is 0 Å². The molecule has 0 spiro atoms. The molecule has 0 N–H and O–H groups in total. The smallest absolute Gasteiger partial charge is 0.339 e. The zero-order valence-corrected chi connectivity index (χ0v) is 9.23. The summed E-state index contributed by atoms with van der Waals surface area (Å²) in [4.78, 5) is 11.3. The lowest BCUT2D eigenvalue weighted by Gasteiger charge is -2.07. The topological polar surface area (TPSA) is 39.4 Å². The van der Waals surface area contributed by atoms with Gasteiger partial charge in [0.2, 0.25) is 0 Å². The molecule has 84 valence electrons. The number of benzene rings is 1. The lowest BCUT2D eigenvalue weighted by molar-refractivity contribution is 0.310. The Labute approximate surface area is 93.7 Å². The molecule has 0 bridgehead atoms. The van der Waals surface area contributed by atoms with Gasteiger partial charge in [-0.25, -0.2) is 4.79 Å². The molecule has 0 saturated carbocycles. The molecule has 1 heterocycles. The van der Waals surface area contributed by atoms with Crippen molar-refractivity contribution in [2.45, 2.75) is 19.8 Å². The number of ether oxygens (including phenoxy) is 1. The summed E-state index contributed by atoms with van der Waals surface area (Å²) in [6.45, 7) is 2.73. The molecule has 16 heavy (non-hydrogen) atoms. The molecule has 0 saturated heterocycles. The summed E-state index contributed by atoms with van der Waals surface area (Å²) < 4.78 is 10.7. The van der Waals surface area contributed by atoms with Crippen LogP contribution < -0.4 is 10.4 Å². The summed E-state index contributed by atoms with van der Waals surface area (Å²) in [5.74, 6) is 0.611. The Morgan fingerprint density at radius 3 is 2.94 bits per heavy atom. The van der Waals surface area contributed by atoms with Crippen LogP contribution in [0.3, 0.4) is 0 Å². The van der Waals surface area contributed by atoms with Crippen LogP contribution in [-0.2, 0) is 0 Å². The number of hydrogen-bond acceptors (Lipinski definition) is 3. The van der Waals surface area contributed by atoms with Crippen LogP contribution in [0.5, 0.6) is 5.75 Å². The number of fused-ring (bicyclic) bond motifs is 1. The van der Waals surface area contributed by atoms with Gasteiger partial charge in [-0.2, -0.15) is 0 Å². The van der Waals surface area contributed by atoms with Gasteiger partial charge in [-0.15, -0.1) is 0 Å². The van der Waals surface area contributed by atoms with Crippen molar-refractivity contribution in [1.29, 1.82) is 0 Å². The van der Waals surface area contributed by atoms with Gasteiger partial charge < -0.3 is 9.15 Å². The maximum Gasteiger partial charge on any atom is 0.339 e. The van der Waals surface area contributed by atoms with Crippen molar-refractivity contribution in [2.24, 2.45) is 0 Å². The van der Waals surface area contributed by atoms with E-state index in [-0.39, 0.29) is 5.63 Å². The third-order valence-electron chi connectivity index (χ3n) is 2.37. The van der Waals surface area contributed by atoms with Crippen LogP contribution in [0.1, 0.15) is 19.8 Å². The zero-order chi connectivity index (χ0) is 11.4. The average Bonchev–Trinajstić information content (AvgIpc) is 2.29. The first-order valence-corrected chi connectivity index (χ1v) is 5.47. The average molecular weight is 218 g/mol. The highest BCUT2D eigenvalue weighted by atomic mass is 16.5. The Hall–Kier alpha value is -1.77. The Bertz CT molecular complexity index is 528. The van der Waals surface area contributed by atoms with E-state index in [0.29, 0.717) is 17.9 Å². The van der Waals surface area contributed by atoms with Crippen molar-refractivity contribution in [1.82, 2.24) is 0 Å². The van der Waals surface area contributed by atoms with Crippen LogP contribution in [0.25, 0.3) is 11.0 Å². The van der Waals surface area contributed by atoms with Crippen LogP contribution >= 0.6 is 0 Å². The molecule has 2 aromatic rings. The molecule has 3 heteroatoms. The van der Waals surface area contributed by atoms with Gasteiger partial charge in [-0.3, -0.25) is 0 Å². The van der Waals surface area contributed by atoms with Gasteiger partial charge >= 0.3 is 5.63 Å². The highest BCUT2D eigenvalue weighted by Crippen LogP contribution is 2.23. The molecule has 0 aliphatic rings. The Morgan fingerprint density at radius 2 is 2.12 bits per heavy atom. The lowest BCUT2D eigenvalue weighted by Crippen LogP contribution is -2.02. The number of rotatable bonds is 4. The second-order valence-corrected chi connectivity index (χ2v) is 3.63. The van der Waals surface area contributed by atoms with Gasteiger partial charge in [-0.05, 0) is 18.6 Å². The van der Waals surface area contributed by atoms with Gasteiger partial charge in [0.05, 0.1) is 18.1 Å². The van der Waals surface area contributed by atoms with Gasteiger partial charge in [0.1, 0.15) is 11.3 Å². The summed E-state index contributed by atoms with van der Waals surface area (Å²) in [6.07, 6.45) is 2.05. The molecule has 2 rings (SSSR count). The summed E-state index contributed by atoms with van der Waals surface area (Å²) in [6, 6.07) is 8.79. The molecule has 3 nitrogen and oxygen atoms in total. The monoisotopic (exact) mass is 218 g/mol. The molecule has 1 aromatic heterocycles. The van der Waals surface area contributed by atoms with Gasteiger partial charge in [0, 0.05) is 0 Å². The van der Waals surface area contributed by atoms with Crippen LogP contribution in [0, 0.1) is 0 Å². The highest BCUT2D eigenvalue weighted by Gasteiger charge is 2.05. The summed E-state index contributed by atoms with van der Waals surface area (Å²) in [5, 5.41) is 0.846. The fraction of sp³-hybridized carbons (Fsp3) is 0.308. The molecule has 0 aliphatic heterocycles. The first-order valence-electron chi connectivity index (χ1n) is 5.47. The van der Waals surface area contributed by atoms with Crippen LogP contribution in [0.15, 0.2) is 39.5 Å². The van der Waals surface area contributed by atoms with E-state index in [9.17, 15) is 4.79 Å². The Morgan fingerprint density at radius 1 is 1.31 bits per heavy atom. The minimum Gasteiger partial charge on any atom is -0.493 e. The largest absolute Gasteiger partial charge is 0.493 e. The molecule has 0 fully saturated rings. The maximum atomic E-state index is 11.3.